The molecule has 2 nitrogen and oxygen atoms in total. The van der Waals surface area contributed by atoms with Gasteiger partial charge in [0.05, 0.1) is 0 Å². The zero-order chi connectivity index (χ0) is 12.3. The van der Waals surface area contributed by atoms with Crippen molar-refractivity contribution in [1.82, 2.24) is 0 Å². The summed E-state index contributed by atoms with van der Waals surface area (Å²) in [5, 5.41) is 0. The maximum Gasteiger partial charge on any atom is 0.130 e. The highest BCUT2D eigenvalue weighted by Crippen LogP contribution is 2.27. The lowest BCUT2D eigenvalue weighted by Crippen LogP contribution is -1.97. The average Bonchev–Trinajstić information content (AvgIpc) is 2.32. The van der Waals surface area contributed by atoms with Crippen LogP contribution in [0.4, 0.5) is 0 Å². The van der Waals surface area contributed by atoms with Gasteiger partial charge < -0.3 is 10.5 Å². The van der Waals surface area contributed by atoms with E-state index >= 15 is 0 Å². The Kier molecular flexibility index (Phi) is 3.82. The van der Waals surface area contributed by atoms with E-state index in [0.717, 1.165) is 27.1 Å². The second kappa shape index (κ2) is 5.34. The van der Waals surface area contributed by atoms with Crippen molar-refractivity contribution in [3.05, 3.63) is 58.1 Å². The summed E-state index contributed by atoms with van der Waals surface area (Å²) in [7, 11) is 0. The molecule has 0 saturated heterocycles. The van der Waals surface area contributed by atoms with Gasteiger partial charge in [-0.05, 0) is 42.3 Å². The van der Waals surface area contributed by atoms with E-state index in [-0.39, 0.29) is 0 Å². The zero-order valence-electron chi connectivity index (χ0n) is 9.61. The van der Waals surface area contributed by atoms with E-state index in [0.29, 0.717) is 6.54 Å². The number of nitrogens with two attached hydrogens (primary N) is 1. The van der Waals surface area contributed by atoms with Gasteiger partial charge in [0.2, 0.25) is 0 Å². The molecule has 0 spiro atoms. The number of hydrogen-bond acceptors (Lipinski definition) is 2. The Morgan fingerprint density at radius 2 is 2.00 bits per heavy atom. The van der Waals surface area contributed by atoms with E-state index in [1.54, 1.807) is 0 Å². The van der Waals surface area contributed by atoms with Crippen LogP contribution in [0.25, 0.3) is 0 Å². The molecule has 2 N–H and O–H groups in total. The largest absolute Gasteiger partial charge is 0.457 e. The van der Waals surface area contributed by atoms with E-state index in [1.807, 2.05) is 49.4 Å². The number of hydrogen-bond donors (Lipinski definition) is 1. The fourth-order valence-corrected chi connectivity index (χ4v) is 1.92. The van der Waals surface area contributed by atoms with E-state index in [9.17, 15) is 0 Å². The van der Waals surface area contributed by atoms with Crippen LogP contribution >= 0.6 is 15.9 Å². The third kappa shape index (κ3) is 3.08. The lowest BCUT2D eigenvalue weighted by Gasteiger charge is -2.10. The van der Waals surface area contributed by atoms with Gasteiger partial charge in [0.1, 0.15) is 11.5 Å². The predicted molar refractivity (Wildman–Crippen MR) is 73.3 cm³/mol. The van der Waals surface area contributed by atoms with Crippen LogP contribution in [-0.4, -0.2) is 0 Å². The summed E-state index contributed by atoms with van der Waals surface area (Å²) in [6.07, 6.45) is 0. The van der Waals surface area contributed by atoms with Gasteiger partial charge in [-0.2, -0.15) is 0 Å². The highest BCUT2D eigenvalue weighted by atomic mass is 79.9. The van der Waals surface area contributed by atoms with Gasteiger partial charge in [-0.1, -0.05) is 34.1 Å². The quantitative estimate of drug-likeness (QED) is 0.927. The second-order valence-electron chi connectivity index (χ2n) is 3.86. The highest BCUT2D eigenvalue weighted by molar-refractivity contribution is 9.10. The smallest absolute Gasteiger partial charge is 0.130 e. The molecule has 2 rings (SSSR count). The van der Waals surface area contributed by atoms with Crippen molar-refractivity contribution < 1.29 is 4.74 Å². The number of ether oxygens (including phenoxy) is 1. The predicted octanol–water partition coefficient (Wildman–Crippen LogP) is 4.01. The monoisotopic (exact) mass is 291 g/mol. The van der Waals surface area contributed by atoms with Crippen LogP contribution in [-0.2, 0) is 6.54 Å². The van der Waals surface area contributed by atoms with Crippen LogP contribution in [0.3, 0.4) is 0 Å². The Labute approximate surface area is 110 Å². The van der Waals surface area contributed by atoms with Crippen LogP contribution in [0.15, 0.2) is 46.9 Å². The molecular weight excluding hydrogens is 278 g/mol. The van der Waals surface area contributed by atoms with Gasteiger partial charge >= 0.3 is 0 Å². The van der Waals surface area contributed by atoms with Crippen molar-refractivity contribution in [2.75, 3.05) is 0 Å². The summed E-state index contributed by atoms with van der Waals surface area (Å²) in [6, 6.07) is 13.8. The van der Waals surface area contributed by atoms with Crippen molar-refractivity contribution in [1.29, 1.82) is 0 Å². The van der Waals surface area contributed by atoms with Crippen LogP contribution in [0.5, 0.6) is 11.5 Å². The zero-order valence-corrected chi connectivity index (χ0v) is 11.2. The Morgan fingerprint density at radius 3 is 2.71 bits per heavy atom. The standard InChI is InChI=1S/C14H14BrNO/c1-10-5-6-11(9-16)7-14(10)17-13-4-2-3-12(15)8-13/h2-8H,9,16H2,1H3. The Morgan fingerprint density at radius 1 is 1.18 bits per heavy atom. The van der Waals surface area contributed by atoms with Gasteiger partial charge in [-0.15, -0.1) is 0 Å². The van der Waals surface area contributed by atoms with Gasteiger partial charge in [-0.25, -0.2) is 0 Å². The molecule has 0 aliphatic rings. The fraction of sp³-hybridized carbons (Fsp3) is 0.143. The lowest BCUT2D eigenvalue weighted by atomic mass is 10.1. The van der Waals surface area contributed by atoms with Gasteiger partial charge in [0.15, 0.2) is 0 Å². The van der Waals surface area contributed by atoms with Crippen molar-refractivity contribution in [2.45, 2.75) is 13.5 Å². The summed E-state index contributed by atoms with van der Waals surface area (Å²) >= 11 is 3.42. The SMILES string of the molecule is Cc1ccc(CN)cc1Oc1cccc(Br)c1. The minimum atomic E-state index is 0.523. The molecule has 88 valence electrons. The van der Waals surface area contributed by atoms with Crippen LogP contribution in [0.1, 0.15) is 11.1 Å². The molecule has 2 aromatic carbocycles. The summed E-state index contributed by atoms with van der Waals surface area (Å²) in [5.74, 6) is 1.67. The molecule has 0 aliphatic heterocycles. The molecule has 0 heterocycles. The molecule has 0 fully saturated rings. The summed E-state index contributed by atoms with van der Waals surface area (Å²) < 4.78 is 6.85. The topological polar surface area (TPSA) is 35.2 Å². The Balaban J connectivity index is 2.29. The first kappa shape index (κ1) is 12.1. The molecule has 0 atom stereocenters. The Hall–Kier alpha value is -1.32. The molecule has 0 bridgehead atoms. The first-order chi connectivity index (χ1) is 8.19. The molecule has 17 heavy (non-hydrogen) atoms. The average molecular weight is 292 g/mol. The summed E-state index contributed by atoms with van der Waals surface area (Å²) in [5.41, 5.74) is 7.79. The molecule has 0 aromatic heterocycles. The third-order valence-electron chi connectivity index (χ3n) is 2.51. The fourth-order valence-electron chi connectivity index (χ4n) is 1.54. The van der Waals surface area contributed by atoms with Crippen LogP contribution < -0.4 is 10.5 Å². The maximum atomic E-state index is 5.85. The molecule has 0 amide bonds. The highest BCUT2D eigenvalue weighted by Gasteiger charge is 2.03. The molecule has 0 unspecified atom stereocenters. The molecule has 3 heteroatoms. The first-order valence-electron chi connectivity index (χ1n) is 5.42. The minimum Gasteiger partial charge on any atom is -0.457 e. The van der Waals surface area contributed by atoms with Crippen molar-refractivity contribution in [3.8, 4) is 11.5 Å². The minimum absolute atomic E-state index is 0.523. The third-order valence-corrected chi connectivity index (χ3v) is 3.01. The number of rotatable bonds is 3. The maximum absolute atomic E-state index is 5.85. The summed E-state index contributed by atoms with van der Waals surface area (Å²) in [6.45, 7) is 2.54. The lowest BCUT2D eigenvalue weighted by molar-refractivity contribution is 0.478. The number of halogens is 1. The van der Waals surface area contributed by atoms with Crippen molar-refractivity contribution in [3.63, 3.8) is 0 Å². The molecular formula is C14H14BrNO. The summed E-state index contributed by atoms with van der Waals surface area (Å²) in [4.78, 5) is 0. The molecule has 0 radical (unpaired) electrons. The van der Waals surface area contributed by atoms with Crippen molar-refractivity contribution >= 4 is 15.9 Å². The van der Waals surface area contributed by atoms with Crippen LogP contribution in [0.2, 0.25) is 0 Å². The van der Waals surface area contributed by atoms with Crippen LogP contribution in [0, 0.1) is 6.92 Å². The first-order valence-corrected chi connectivity index (χ1v) is 6.21. The number of aryl methyl sites for hydroxylation is 1. The second-order valence-corrected chi connectivity index (χ2v) is 4.78. The van der Waals surface area contributed by atoms with E-state index in [4.69, 9.17) is 10.5 Å². The van der Waals surface area contributed by atoms with Crippen molar-refractivity contribution in [2.24, 2.45) is 5.73 Å². The van der Waals surface area contributed by atoms with Gasteiger partial charge in [0, 0.05) is 11.0 Å². The number of benzene rings is 2. The van der Waals surface area contributed by atoms with Gasteiger partial charge in [0.25, 0.3) is 0 Å². The molecule has 2 aromatic rings. The van der Waals surface area contributed by atoms with E-state index < -0.39 is 0 Å². The van der Waals surface area contributed by atoms with E-state index in [2.05, 4.69) is 15.9 Å². The Bertz CT molecular complexity index is 525. The molecule has 0 saturated carbocycles. The molecule has 0 aliphatic carbocycles. The van der Waals surface area contributed by atoms with E-state index in [1.165, 1.54) is 0 Å². The normalized spacial score (nSPS) is 10.3. The van der Waals surface area contributed by atoms with Gasteiger partial charge in [-0.3, -0.25) is 0 Å².